The average Bonchev–Trinajstić information content (AvgIpc) is 2.52. The molecular formula is C19H24N2OS. The molecule has 23 heavy (non-hydrogen) atoms. The monoisotopic (exact) mass is 328 g/mol. The number of ether oxygens (including phenoxy) is 1. The first-order chi connectivity index (χ1) is 11.0. The molecule has 0 bridgehead atoms. The van der Waals surface area contributed by atoms with Gasteiger partial charge in [0.25, 0.3) is 0 Å². The highest BCUT2D eigenvalue weighted by molar-refractivity contribution is 7.80. The summed E-state index contributed by atoms with van der Waals surface area (Å²) < 4.78 is 5.22. The molecule has 2 aromatic rings. The molecule has 2 rings (SSSR count). The molecule has 0 unspecified atom stereocenters. The minimum Gasteiger partial charge on any atom is -0.497 e. The van der Waals surface area contributed by atoms with E-state index in [1.165, 1.54) is 11.1 Å². The van der Waals surface area contributed by atoms with Gasteiger partial charge in [0.2, 0.25) is 0 Å². The summed E-state index contributed by atoms with van der Waals surface area (Å²) in [6, 6.07) is 16.4. The number of thiocarbonyl (C=S) groups is 1. The van der Waals surface area contributed by atoms with E-state index < -0.39 is 0 Å². The zero-order valence-corrected chi connectivity index (χ0v) is 14.9. The SMILES string of the molecule is COc1ccc([C@@H](NC(=S)Nc2cccc(C)c2)C(C)C)cc1. The van der Waals surface area contributed by atoms with Crippen molar-refractivity contribution < 1.29 is 4.74 Å². The summed E-state index contributed by atoms with van der Waals surface area (Å²) in [6.45, 7) is 6.42. The van der Waals surface area contributed by atoms with E-state index in [9.17, 15) is 0 Å². The minimum atomic E-state index is 0.144. The molecule has 0 fully saturated rings. The van der Waals surface area contributed by atoms with E-state index in [4.69, 9.17) is 17.0 Å². The Morgan fingerprint density at radius 3 is 2.35 bits per heavy atom. The van der Waals surface area contributed by atoms with Crippen LogP contribution in [0.2, 0.25) is 0 Å². The number of rotatable bonds is 5. The Morgan fingerprint density at radius 1 is 1.09 bits per heavy atom. The predicted octanol–water partition coefficient (Wildman–Crippen LogP) is 4.69. The van der Waals surface area contributed by atoms with E-state index in [2.05, 4.69) is 55.7 Å². The molecule has 0 spiro atoms. The second-order valence-corrected chi connectivity index (χ2v) is 6.37. The standard InChI is InChI=1S/C19H24N2OS/c1-13(2)18(15-8-10-17(22-4)11-9-15)21-19(23)20-16-7-5-6-14(3)12-16/h5-13,18H,1-4H3,(H2,20,21,23)/t18-/m0/s1. The summed E-state index contributed by atoms with van der Waals surface area (Å²) in [5, 5.41) is 7.30. The molecule has 0 aliphatic heterocycles. The van der Waals surface area contributed by atoms with Gasteiger partial charge in [-0.05, 0) is 60.5 Å². The van der Waals surface area contributed by atoms with Gasteiger partial charge in [0.1, 0.15) is 5.75 Å². The molecule has 0 aromatic heterocycles. The van der Waals surface area contributed by atoms with Gasteiger partial charge in [0, 0.05) is 5.69 Å². The molecule has 0 aliphatic carbocycles. The lowest BCUT2D eigenvalue weighted by atomic mass is 9.96. The lowest BCUT2D eigenvalue weighted by Gasteiger charge is -2.25. The molecule has 122 valence electrons. The molecule has 0 radical (unpaired) electrons. The van der Waals surface area contributed by atoms with Crippen LogP contribution < -0.4 is 15.4 Å². The van der Waals surface area contributed by atoms with Crippen LogP contribution >= 0.6 is 12.2 Å². The largest absolute Gasteiger partial charge is 0.497 e. The first-order valence-electron chi connectivity index (χ1n) is 7.77. The number of methoxy groups -OCH3 is 1. The van der Waals surface area contributed by atoms with Gasteiger partial charge in [0.05, 0.1) is 13.2 Å². The Hall–Kier alpha value is -2.07. The van der Waals surface area contributed by atoms with Crippen LogP contribution in [-0.4, -0.2) is 12.2 Å². The number of aryl methyl sites for hydroxylation is 1. The number of nitrogens with one attached hydrogen (secondary N) is 2. The Morgan fingerprint density at radius 2 is 1.78 bits per heavy atom. The van der Waals surface area contributed by atoms with Crippen LogP contribution in [0.15, 0.2) is 48.5 Å². The summed E-state index contributed by atoms with van der Waals surface area (Å²) in [5.74, 6) is 1.26. The highest BCUT2D eigenvalue weighted by Crippen LogP contribution is 2.24. The number of anilines is 1. The van der Waals surface area contributed by atoms with Crippen molar-refractivity contribution in [3.8, 4) is 5.75 Å². The average molecular weight is 328 g/mol. The normalized spacial score (nSPS) is 11.9. The van der Waals surface area contributed by atoms with Gasteiger partial charge >= 0.3 is 0 Å². The molecule has 3 nitrogen and oxygen atoms in total. The molecule has 2 aromatic carbocycles. The first-order valence-corrected chi connectivity index (χ1v) is 8.18. The zero-order valence-electron chi connectivity index (χ0n) is 14.1. The van der Waals surface area contributed by atoms with Gasteiger partial charge in [0.15, 0.2) is 5.11 Å². The fraction of sp³-hybridized carbons (Fsp3) is 0.316. The Labute approximate surface area is 144 Å². The van der Waals surface area contributed by atoms with E-state index in [1.807, 2.05) is 24.3 Å². The van der Waals surface area contributed by atoms with E-state index in [0.717, 1.165) is 11.4 Å². The van der Waals surface area contributed by atoms with E-state index in [-0.39, 0.29) is 6.04 Å². The molecule has 1 atom stereocenters. The van der Waals surface area contributed by atoms with Crippen molar-refractivity contribution in [2.75, 3.05) is 12.4 Å². The summed E-state index contributed by atoms with van der Waals surface area (Å²) in [6.07, 6.45) is 0. The van der Waals surface area contributed by atoms with Gasteiger partial charge < -0.3 is 15.4 Å². The molecular weight excluding hydrogens is 304 g/mol. The van der Waals surface area contributed by atoms with Crippen molar-refractivity contribution >= 4 is 23.0 Å². The molecule has 0 heterocycles. The summed E-state index contributed by atoms with van der Waals surface area (Å²) in [4.78, 5) is 0. The fourth-order valence-corrected chi connectivity index (χ4v) is 2.72. The van der Waals surface area contributed by atoms with Gasteiger partial charge in [-0.15, -0.1) is 0 Å². The van der Waals surface area contributed by atoms with Gasteiger partial charge in [-0.25, -0.2) is 0 Å². The van der Waals surface area contributed by atoms with Crippen molar-refractivity contribution in [1.82, 2.24) is 5.32 Å². The fourth-order valence-electron chi connectivity index (χ4n) is 2.48. The molecule has 4 heteroatoms. The number of benzene rings is 2. The van der Waals surface area contributed by atoms with E-state index in [0.29, 0.717) is 11.0 Å². The van der Waals surface area contributed by atoms with Crippen molar-refractivity contribution in [3.63, 3.8) is 0 Å². The van der Waals surface area contributed by atoms with Crippen LogP contribution in [0.3, 0.4) is 0 Å². The highest BCUT2D eigenvalue weighted by atomic mass is 32.1. The second kappa shape index (κ2) is 7.97. The van der Waals surface area contributed by atoms with Crippen molar-refractivity contribution in [2.45, 2.75) is 26.8 Å². The van der Waals surface area contributed by atoms with Crippen LogP contribution in [-0.2, 0) is 0 Å². The summed E-state index contributed by atoms with van der Waals surface area (Å²) in [5.41, 5.74) is 3.39. The molecule has 2 N–H and O–H groups in total. The summed E-state index contributed by atoms with van der Waals surface area (Å²) >= 11 is 5.48. The van der Waals surface area contributed by atoms with Crippen molar-refractivity contribution in [1.29, 1.82) is 0 Å². The maximum atomic E-state index is 5.48. The molecule has 0 amide bonds. The van der Waals surface area contributed by atoms with Crippen LogP contribution in [0.5, 0.6) is 5.75 Å². The molecule has 0 aliphatic rings. The van der Waals surface area contributed by atoms with Crippen LogP contribution in [0, 0.1) is 12.8 Å². The van der Waals surface area contributed by atoms with Crippen LogP contribution in [0.1, 0.15) is 31.0 Å². The quantitative estimate of drug-likeness (QED) is 0.780. The second-order valence-electron chi connectivity index (χ2n) is 5.96. The Bertz CT molecular complexity index is 653. The van der Waals surface area contributed by atoms with Crippen LogP contribution in [0.25, 0.3) is 0 Å². The number of hydrogen-bond donors (Lipinski definition) is 2. The zero-order chi connectivity index (χ0) is 16.8. The van der Waals surface area contributed by atoms with E-state index in [1.54, 1.807) is 7.11 Å². The number of hydrogen-bond acceptors (Lipinski definition) is 2. The van der Waals surface area contributed by atoms with Crippen molar-refractivity contribution in [3.05, 3.63) is 59.7 Å². The van der Waals surface area contributed by atoms with Gasteiger partial charge in [-0.3, -0.25) is 0 Å². The molecule has 0 saturated heterocycles. The third-order valence-electron chi connectivity index (χ3n) is 3.70. The first kappa shape index (κ1) is 17.3. The Balaban J connectivity index is 2.07. The lowest BCUT2D eigenvalue weighted by molar-refractivity contribution is 0.413. The Kier molecular flexibility index (Phi) is 5.99. The maximum Gasteiger partial charge on any atom is 0.171 e. The predicted molar refractivity (Wildman–Crippen MR) is 101 cm³/mol. The third-order valence-corrected chi connectivity index (χ3v) is 3.92. The minimum absolute atomic E-state index is 0.144. The van der Waals surface area contributed by atoms with E-state index >= 15 is 0 Å². The smallest absolute Gasteiger partial charge is 0.171 e. The third kappa shape index (κ3) is 4.96. The molecule has 0 saturated carbocycles. The maximum absolute atomic E-state index is 5.48. The summed E-state index contributed by atoms with van der Waals surface area (Å²) in [7, 11) is 1.67. The van der Waals surface area contributed by atoms with Gasteiger partial charge in [-0.1, -0.05) is 38.1 Å². The van der Waals surface area contributed by atoms with Crippen molar-refractivity contribution in [2.24, 2.45) is 5.92 Å². The highest BCUT2D eigenvalue weighted by Gasteiger charge is 2.17. The van der Waals surface area contributed by atoms with Crippen LogP contribution in [0.4, 0.5) is 5.69 Å². The lowest BCUT2D eigenvalue weighted by Crippen LogP contribution is -2.34. The van der Waals surface area contributed by atoms with Gasteiger partial charge in [-0.2, -0.15) is 0 Å². The topological polar surface area (TPSA) is 33.3 Å².